The van der Waals surface area contributed by atoms with E-state index in [2.05, 4.69) is 5.32 Å². The van der Waals surface area contributed by atoms with E-state index in [1.807, 2.05) is 24.0 Å². The molecule has 0 aliphatic carbocycles. The summed E-state index contributed by atoms with van der Waals surface area (Å²) in [5.41, 5.74) is 2.43. The van der Waals surface area contributed by atoms with Gasteiger partial charge in [-0.05, 0) is 54.4 Å². The number of carbonyl (C=O) groups is 1. The minimum Gasteiger partial charge on any atom is -0.378 e. The molecule has 3 aromatic rings. The van der Waals surface area contributed by atoms with Crippen LogP contribution in [0.1, 0.15) is 21.5 Å². The molecule has 9 heteroatoms. The van der Waals surface area contributed by atoms with E-state index in [1.54, 1.807) is 25.4 Å². The Morgan fingerprint density at radius 3 is 2.50 bits per heavy atom. The van der Waals surface area contributed by atoms with Gasteiger partial charge in [-0.25, -0.2) is 0 Å². The van der Waals surface area contributed by atoms with Crippen molar-refractivity contribution in [3.8, 4) is 11.1 Å². The van der Waals surface area contributed by atoms with Crippen molar-refractivity contribution in [1.29, 1.82) is 0 Å². The Morgan fingerprint density at radius 2 is 1.79 bits per heavy atom. The zero-order chi connectivity index (χ0) is 24.5. The van der Waals surface area contributed by atoms with Gasteiger partial charge in [-0.2, -0.15) is 13.2 Å². The highest BCUT2D eigenvalue weighted by molar-refractivity contribution is 6.04. The molecule has 1 fully saturated rings. The zero-order valence-electron chi connectivity index (χ0n) is 18.8. The third-order valence-corrected chi connectivity index (χ3v) is 5.77. The molecule has 0 radical (unpaired) electrons. The summed E-state index contributed by atoms with van der Waals surface area (Å²) < 4.78 is 45.9. The minimum absolute atomic E-state index is 0.0892. The number of rotatable bonds is 4. The normalized spacial score (nSPS) is 14.2. The molecule has 178 valence electrons. The van der Waals surface area contributed by atoms with Gasteiger partial charge in [0.2, 0.25) is 0 Å². The van der Waals surface area contributed by atoms with Crippen LogP contribution in [0.2, 0.25) is 0 Å². The fraction of sp³-hybridized carbons (Fsp3) is 0.280. The number of halogens is 3. The molecule has 1 saturated heterocycles. The fourth-order valence-electron chi connectivity index (χ4n) is 3.92. The van der Waals surface area contributed by atoms with E-state index in [0.29, 0.717) is 37.7 Å². The Labute approximate surface area is 194 Å². The summed E-state index contributed by atoms with van der Waals surface area (Å²) in [5.74, 6) is -0.643. The standard InChI is InChI=1S/C25H24F3N3O3/c1-16-6-7-20(29-23(32)17-4-3-5-19(12-17)25(26,27)28)14-21(16)18-13-22(24(33)30(2)15-18)31-8-10-34-11-9-31/h3-7,12-15H,8-11H2,1-2H3,(H,29,32). The highest BCUT2D eigenvalue weighted by Crippen LogP contribution is 2.31. The average molecular weight is 471 g/mol. The Balaban J connectivity index is 1.65. The van der Waals surface area contributed by atoms with Crippen molar-refractivity contribution in [2.75, 3.05) is 36.5 Å². The lowest BCUT2D eigenvalue weighted by molar-refractivity contribution is -0.137. The molecule has 1 amide bonds. The van der Waals surface area contributed by atoms with Crippen molar-refractivity contribution in [2.24, 2.45) is 7.05 Å². The number of hydrogen-bond donors (Lipinski definition) is 1. The number of ether oxygens (including phenoxy) is 1. The SMILES string of the molecule is Cc1ccc(NC(=O)c2cccc(C(F)(F)F)c2)cc1-c1cc(N2CCOCC2)c(=O)n(C)c1. The van der Waals surface area contributed by atoms with Crippen molar-refractivity contribution >= 4 is 17.3 Å². The van der Waals surface area contributed by atoms with E-state index in [-0.39, 0.29) is 11.1 Å². The lowest BCUT2D eigenvalue weighted by Crippen LogP contribution is -2.40. The van der Waals surface area contributed by atoms with Crippen LogP contribution in [0.5, 0.6) is 0 Å². The number of hydrogen-bond acceptors (Lipinski definition) is 4. The second-order valence-electron chi connectivity index (χ2n) is 8.19. The van der Waals surface area contributed by atoms with Gasteiger partial charge in [0.25, 0.3) is 11.5 Å². The first-order chi connectivity index (χ1) is 16.1. The minimum atomic E-state index is -4.53. The summed E-state index contributed by atoms with van der Waals surface area (Å²) in [6, 6.07) is 11.4. The van der Waals surface area contributed by atoms with Crippen LogP contribution in [0.3, 0.4) is 0 Å². The molecule has 0 bridgehead atoms. The third kappa shape index (κ3) is 4.99. The first kappa shape index (κ1) is 23.6. The van der Waals surface area contributed by atoms with E-state index in [4.69, 9.17) is 4.74 Å². The van der Waals surface area contributed by atoms with Crippen LogP contribution < -0.4 is 15.8 Å². The van der Waals surface area contributed by atoms with Crippen molar-refractivity contribution in [1.82, 2.24) is 4.57 Å². The molecule has 1 aliphatic rings. The quantitative estimate of drug-likeness (QED) is 0.610. The molecule has 4 rings (SSSR count). The molecule has 0 spiro atoms. The maximum absolute atomic E-state index is 13.0. The molecule has 0 saturated carbocycles. The second kappa shape index (κ2) is 9.34. The van der Waals surface area contributed by atoms with Gasteiger partial charge in [-0.3, -0.25) is 9.59 Å². The average Bonchev–Trinajstić information content (AvgIpc) is 2.82. The summed E-state index contributed by atoms with van der Waals surface area (Å²) >= 11 is 0. The van der Waals surface area contributed by atoms with E-state index >= 15 is 0 Å². The van der Waals surface area contributed by atoms with Crippen LogP contribution in [0, 0.1) is 6.92 Å². The molecule has 34 heavy (non-hydrogen) atoms. The van der Waals surface area contributed by atoms with Gasteiger partial charge in [0.15, 0.2) is 0 Å². The molecule has 1 aromatic heterocycles. The first-order valence-corrected chi connectivity index (χ1v) is 10.8. The molecule has 6 nitrogen and oxygen atoms in total. The van der Waals surface area contributed by atoms with Crippen molar-refractivity contribution < 1.29 is 22.7 Å². The van der Waals surface area contributed by atoms with Crippen LogP contribution in [0.25, 0.3) is 11.1 Å². The topological polar surface area (TPSA) is 63.6 Å². The Hall–Kier alpha value is -3.59. The molecule has 1 aliphatic heterocycles. The van der Waals surface area contributed by atoms with Gasteiger partial charge in [0, 0.05) is 43.1 Å². The summed E-state index contributed by atoms with van der Waals surface area (Å²) in [5, 5.41) is 2.68. The van der Waals surface area contributed by atoms with Gasteiger partial charge in [-0.15, -0.1) is 0 Å². The number of aryl methyl sites for hydroxylation is 2. The van der Waals surface area contributed by atoms with E-state index in [0.717, 1.165) is 28.8 Å². The number of morpholine rings is 1. The molecule has 2 heterocycles. The van der Waals surface area contributed by atoms with E-state index in [9.17, 15) is 22.8 Å². The number of nitrogens with one attached hydrogen (secondary N) is 1. The number of nitrogens with zero attached hydrogens (tertiary/aromatic N) is 2. The number of aromatic nitrogens is 1. The van der Waals surface area contributed by atoms with Crippen molar-refractivity contribution in [2.45, 2.75) is 13.1 Å². The Morgan fingerprint density at radius 1 is 1.06 bits per heavy atom. The number of carbonyl (C=O) groups excluding carboxylic acids is 1. The van der Waals surface area contributed by atoms with Gasteiger partial charge in [0.05, 0.1) is 18.8 Å². The lowest BCUT2D eigenvalue weighted by Gasteiger charge is -2.29. The molecule has 0 unspecified atom stereocenters. The summed E-state index contributed by atoms with van der Waals surface area (Å²) in [7, 11) is 1.68. The van der Waals surface area contributed by atoms with Gasteiger partial charge < -0.3 is 19.5 Å². The van der Waals surface area contributed by atoms with Crippen LogP contribution in [0.4, 0.5) is 24.5 Å². The fourth-order valence-corrected chi connectivity index (χ4v) is 3.92. The van der Waals surface area contributed by atoms with Crippen molar-refractivity contribution in [3.63, 3.8) is 0 Å². The number of benzene rings is 2. The van der Waals surface area contributed by atoms with Crippen LogP contribution in [0.15, 0.2) is 59.5 Å². The molecule has 0 atom stereocenters. The van der Waals surface area contributed by atoms with Crippen LogP contribution in [-0.2, 0) is 18.0 Å². The summed E-state index contributed by atoms with van der Waals surface area (Å²) in [6.45, 7) is 4.23. The first-order valence-electron chi connectivity index (χ1n) is 10.8. The molecular weight excluding hydrogens is 447 g/mol. The zero-order valence-corrected chi connectivity index (χ0v) is 18.8. The molecule has 2 aromatic carbocycles. The number of anilines is 2. The second-order valence-corrected chi connectivity index (χ2v) is 8.19. The maximum Gasteiger partial charge on any atom is 0.416 e. The summed E-state index contributed by atoms with van der Waals surface area (Å²) in [4.78, 5) is 27.4. The number of amides is 1. The van der Waals surface area contributed by atoms with Crippen LogP contribution >= 0.6 is 0 Å². The number of pyridine rings is 1. The maximum atomic E-state index is 13.0. The smallest absolute Gasteiger partial charge is 0.378 e. The Kier molecular flexibility index (Phi) is 6.47. The van der Waals surface area contributed by atoms with Gasteiger partial charge in [-0.1, -0.05) is 12.1 Å². The highest BCUT2D eigenvalue weighted by atomic mass is 19.4. The summed E-state index contributed by atoms with van der Waals surface area (Å²) in [6.07, 6.45) is -2.80. The number of alkyl halides is 3. The molecular formula is C25H24F3N3O3. The largest absolute Gasteiger partial charge is 0.416 e. The molecule has 1 N–H and O–H groups in total. The van der Waals surface area contributed by atoms with Crippen molar-refractivity contribution in [3.05, 3.63) is 81.8 Å². The lowest BCUT2D eigenvalue weighted by atomic mass is 10.0. The van der Waals surface area contributed by atoms with E-state index < -0.39 is 17.6 Å². The van der Waals surface area contributed by atoms with Gasteiger partial charge >= 0.3 is 6.18 Å². The third-order valence-electron chi connectivity index (χ3n) is 5.77. The Bertz CT molecular complexity index is 1280. The predicted molar refractivity (Wildman–Crippen MR) is 124 cm³/mol. The predicted octanol–water partition coefficient (Wildman–Crippen LogP) is 4.47. The van der Waals surface area contributed by atoms with Gasteiger partial charge in [0.1, 0.15) is 5.69 Å². The van der Waals surface area contributed by atoms with E-state index in [1.165, 1.54) is 16.7 Å². The highest BCUT2D eigenvalue weighted by Gasteiger charge is 2.31. The van der Waals surface area contributed by atoms with Crippen LogP contribution in [-0.4, -0.2) is 36.8 Å². The monoisotopic (exact) mass is 471 g/mol.